The Morgan fingerprint density at radius 2 is 2.22 bits per heavy atom. The molecule has 0 amide bonds. The zero-order valence-corrected chi connectivity index (χ0v) is 14.0. The van der Waals surface area contributed by atoms with Crippen molar-refractivity contribution in [3.05, 3.63) is 22.4 Å². The molecule has 0 unspecified atom stereocenters. The molecule has 5 heteroatoms. The number of nitrogens with zero attached hydrogens (tertiary/aromatic N) is 2. The van der Waals surface area contributed by atoms with Gasteiger partial charge in [0.05, 0.1) is 0 Å². The van der Waals surface area contributed by atoms with Crippen LogP contribution in [0.2, 0.25) is 0 Å². The number of thiophene rings is 1. The molecule has 1 aromatic rings. The van der Waals surface area contributed by atoms with Crippen LogP contribution in [0.15, 0.2) is 22.5 Å². The second-order valence-electron chi connectivity index (χ2n) is 4.74. The van der Waals surface area contributed by atoms with Gasteiger partial charge in [-0.25, -0.2) is 0 Å². The maximum absolute atomic E-state index is 6.01. The Labute approximate surface area is 130 Å². The summed E-state index contributed by atoms with van der Waals surface area (Å²) in [5, 5.41) is 2.11. The van der Waals surface area contributed by atoms with E-state index in [2.05, 4.69) is 34.3 Å². The standard InChI is InChI=1S/C13H21N3S.HI/c1-11-5-8-16(9-6-11)13(14)15-7-4-12-3-2-10-17-12;/h2-3,10-11H,4-9H2,1H3,(H2,14,15);1H. The maximum atomic E-state index is 6.01. The van der Waals surface area contributed by atoms with Crippen molar-refractivity contribution < 1.29 is 0 Å². The molecule has 2 rings (SSSR count). The number of piperidine rings is 1. The molecule has 0 aliphatic carbocycles. The number of hydrogen-bond acceptors (Lipinski definition) is 2. The monoisotopic (exact) mass is 379 g/mol. The first-order chi connectivity index (χ1) is 8.25. The molecule has 2 N–H and O–H groups in total. The second-order valence-corrected chi connectivity index (χ2v) is 5.77. The van der Waals surface area contributed by atoms with Crippen molar-refractivity contribution in [2.45, 2.75) is 26.2 Å². The Bertz CT molecular complexity index is 356. The van der Waals surface area contributed by atoms with Gasteiger partial charge < -0.3 is 10.6 Å². The molecule has 3 nitrogen and oxygen atoms in total. The zero-order chi connectivity index (χ0) is 12.1. The zero-order valence-electron chi connectivity index (χ0n) is 10.8. The molecule has 0 aromatic carbocycles. The van der Waals surface area contributed by atoms with Gasteiger partial charge in [0.2, 0.25) is 0 Å². The number of guanidine groups is 1. The summed E-state index contributed by atoms with van der Waals surface area (Å²) in [5.74, 6) is 1.57. The van der Waals surface area contributed by atoms with Gasteiger partial charge in [0.25, 0.3) is 0 Å². The normalized spacial score (nSPS) is 17.6. The number of hydrogen-bond donors (Lipinski definition) is 1. The minimum absolute atomic E-state index is 0. The quantitative estimate of drug-likeness (QED) is 0.499. The summed E-state index contributed by atoms with van der Waals surface area (Å²) in [6.07, 6.45) is 3.48. The molecule has 1 fully saturated rings. The van der Waals surface area contributed by atoms with Gasteiger partial charge in [-0.3, -0.25) is 4.99 Å². The third-order valence-electron chi connectivity index (χ3n) is 3.32. The molecule has 1 aliphatic rings. The van der Waals surface area contributed by atoms with Gasteiger partial charge in [0.15, 0.2) is 5.96 Å². The summed E-state index contributed by atoms with van der Waals surface area (Å²) < 4.78 is 0. The second kappa shape index (κ2) is 7.99. The van der Waals surface area contributed by atoms with Crippen molar-refractivity contribution in [2.75, 3.05) is 19.6 Å². The number of likely N-dealkylation sites (tertiary alicyclic amines) is 1. The number of aliphatic imine (C=N–C) groups is 1. The molecule has 1 aromatic heterocycles. The van der Waals surface area contributed by atoms with Gasteiger partial charge in [-0.05, 0) is 30.2 Å². The molecule has 0 atom stereocenters. The predicted octanol–water partition coefficient (Wildman–Crippen LogP) is 2.96. The van der Waals surface area contributed by atoms with Crippen molar-refractivity contribution >= 4 is 41.3 Å². The van der Waals surface area contributed by atoms with E-state index in [1.807, 2.05) is 0 Å². The van der Waals surface area contributed by atoms with Crippen molar-refractivity contribution in [1.82, 2.24) is 4.90 Å². The van der Waals surface area contributed by atoms with E-state index in [1.54, 1.807) is 11.3 Å². The van der Waals surface area contributed by atoms with E-state index in [4.69, 9.17) is 5.73 Å². The summed E-state index contributed by atoms with van der Waals surface area (Å²) in [7, 11) is 0. The minimum atomic E-state index is 0. The first-order valence-electron chi connectivity index (χ1n) is 6.33. The molecular formula is C13H22IN3S. The molecule has 0 radical (unpaired) electrons. The van der Waals surface area contributed by atoms with E-state index < -0.39 is 0 Å². The summed E-state index contributed by atoms with van der Waals surface area (Å²) >= 11 is 1.79. The smallest absolute Gasteiger partial charge is 0.191 e. The fraction of sp³-hybridized carbons (Fsp3) is 0.615. The van der Waals surface area contributed by atoms with E-state index in [0.717, 1.165) is 37.9 Å². The van der Waals surface area contributed by atoms with Crippen LogP contribution >= 0.6 is 35.3 Å². The van der Waals surface area contributed by atoms with Crippen LogP contribution < -0.4 is 5.73 Å². The van der Waals surface area contributed by atoms with Gasteiger partial charge in [0.1, 0.15) is 0 Å². The maximum Gasteiger partial charge on any atom is 0.191 e. The van der Waals surface area contributed by atoms with Crippen LogP contribution in [-0.4, -0.2) is 30.5 Å². The number of halogens is 1. The van der Waals surface area contributed by atoms with Gasteiger partial charge in [-0.1, -0.05) is 13.0 Å². The highest BCUT2D eigenvalue weighted by Gasteiger charge is 2.16. The lowest BCUT2D eigenvalue weighted by Crippen LogP contribution is -2.42. The van der Waals surface area contributed by atoms with Crippen molar-refractivity contribution in [3.63, 3.8) is 0 Å². The van der Waals surface area contributed by atoms with Crippen LogP contribution in [0.25, 0.3) is 0 Å². The largest absolute Gasteiger partial charge is 0.370 e. The lowest BCUT2D eigenvalue weighted by molar-refractivity contribution is 0.277. The van der Waals surface area contributed by atoms with E-state index in [-0.39, 0.29) is 24.0 Å². The summed E-state index contributed by atoms with van der Waals surface area (Å²) in [6.45, 7) is 5.24. The lowest BCUT2D eigenvalue weighted by atomic mass is 10.00. The lowest BCUT2D eigenvalue weighted by Gasteiger charge is -2.31. The molecular weight excluding hydrogens is 357 g/mol. The van der Waals surface area contributed by atoms with E-state index in [1.165, 1.54) is 17.7 Å². The van der Waals surface area contributed by atoms with E-state index in [0.29, 0.717) is 0 Å². The molecule has 1 saturated heterocycles. The van der Waals surface area contributed by atoms with E-state index >= 15 is 0 Å². The van der Waals surface area contributed by atoms with Crippen molar-refractivity contribution in [3.8, 4) is 0 Å². The summed E-state index contributed by atoms with van der Waals surface area (Å²) in [4.78, 5) is 8.07. The minimum Gasteiger partial charge on any atom is -0.370 e. The molecule has 0 saturated carbocycles. The summed E-state index contributed by atoms with van der Waals surface area (Å²) in [6, 6.07) is 4.23. The third-order valence-corrected chi connectivity index (χ3v) is 4.26. The van der Waals surface area contributed by atoms with Crippen LogP contribution in [-0.2, 0) is 6.42 Å². The predicted molar refractivity (Wildman–Crippen MR) is 89.9 cm³/mol. The molecule has 2 heterocycles. The molecule has 1 aliphatic heterocycles. The average molecular weight is 379 g/mol. The highest BCUT2D eigenvalue weighted by molar-refractivity contribution is 14.0. The van der Waals surface area contributed by atoms with Crippen LogP contribution in [0.1, 0.15) is 24.6 Å². The fourth-order valence-corrected chi connectivity index (χ4v) is 2.77. The van der Waals surface area contributed by atoms with Gasteiger partial charge in [-0.15, -0.1) is 35.3 Å². The number of rotatable bonds is 3. The summed E-state index contributed by atoms with van der Waals surface area (Å²) in [5.41, 5.74) is 6.01. The molecule has 18 heavy (non-hydrogen) atoms. The number of nitrogens with two attached hydrogens (primary N) is 1. The third kappa shape index (κ3) is 4.76. The first kappa shape index (κ1) is 15.8. The molecule has 0 bridgehead atoms. The fourth-order valence-electron chi connectivity index (χ4n) is 2.07. The topological polar surface area (TPSA) is 41.6 Å². The van der Waals surface area contributed by atoms with Crippen LogP contribution in [0.4, 0.5) is 0 Å². The van der Waals surface area contributed by atoms with Crippen molar-refractivity contribution in [2.24, 2.45) is 16.6 Å². The van der Waals surface area contributed by atoms with Crippen LogP contribution in [0.5, 0.6) is 0 Å². The van der Waals surface area contributed by atoms with Gasteiger partial charge in [0, 0.05) is 30.9 Å². The first-order valence-corrected chi connectivity index (χ1v) is 7.21. The van der Waals surface area contributed by atoms with Gasteiger partial charge >= 0.3 is 0 Å². The molecule has 102 valence electrons. The Morgan fingerprint density at radius 3 is 2.83 bits per heavy atom. The van der Waals surface area contributed by atoms with E-state index in [9.17, 15) is 0 Å². The van der Waals surface area contributed by atoms with Crippen LogP contribution in [0, 0.1) is 5.92 Å². The van der Waals surface area contributed by atoms with Crippen molar-refractivity contribution in [1.29, 1.82) is 0 Å². The Balaban J connectivity index is 0.00000162. The Morgan fingerprint density at radius 1 is 1.50 bits per heavy atom. The average Bonchev–Trinajstić information content (AvgIpc) is 2.83. The van der Waals surface area contributed by atoms with Gasteiger partial charge in [-0.2, -0.15) is 0 Å². The van der Waals surface area contributed by atoms with Crippen LogP contribution in [0.3, 0.4) is 0 Å². The highest BCUT2D eigenvalue weighted by Crippen LogP contribution is 2.15. The Kier molecular flexibility index (Phi) is 6.99. The highest BCUT2D eigenvalue weighted by atomic mass is 127. The Hall–Kier alpha value is -0.300. The SMILES string of the molecule is CC1CCN(C(N)=NCCc2cccs2)CC1.I. The molecule has 0 spiro atoms.